The van der Waals surface area contributed by atoms with Crippen LogP contribution in [0.4, 0.5) is 11.5 Å². The number of amidine groups is 1. The Bertz CT molecular complexity index is 1380. The second-order valence-electron chi connectivity index (χ2n) is 7.96. The smallest absolute Gasteiger partial charge is 0.231 e. The van der Waals surface area contributed by atoms with Crippen LogP contribution < -0.4 is 20.5 Å². The monoisotopic (exact) mass is 477 g/mol. The van der Waals surface area contributed by atoms with E-state index < -0.39 is 0 Å². The minimum Gasteiger partial charge on any atom is -0.454 e. The van der Waals surface area contributed by atoms with Gasteiger partial charge in [0.15, 0.2) is 22.3 Å². The van der Waals surface area contributed by atoms with E-state index in [2.05, 4.69) is 25.2 Å². The summed E-state index contributed by atoms with van der Waals surface area (Å²) in [4.78, 5) is 20.6. The molecule has 2 aliphatic heterocycles. The zero-order chi connectivity index (χ0) is 22.9. The summed E-state index contributed by atoms with van der Waals surface area (Å²) in [6.45, 7) is 5.12. The Morgan fingerprint density at radius 3 is 2.85 bits per heavy atom. The van der Waals surface area contributed by atoms with Gasteiger partial charge in [-0.15, -0.1) is 11.3 Å². The first kappa shape index (κ1) is 21.0. The van der Waals surface area contributed by atoms with Gasteiger partial charge in [0, 0.05) is 31.4 Å². The molecule has 0 amide bonds. The number of nitrogens with one attached hydrogen (secondary N) is 1. The number of nitrogens with zero attached hydrogens (tertiary/aromatic N) is 5. The summed E-state index contributed by atoms with van der Waals surface area (Å²) in [6.07, 6.45) is 1.55. The standard InChI is InChI=1S/C23H23N7O3S/c24-21(25-5-6-30-7-9-31-10-8-30)23-29-16-3-2-15-19(20(16)34-23)22(27-12-26-15)28-14-1-4-17-18(11-14)33-13-32-17/h1-4,11-12H,5-10,13H2,(H2,24,25)(H,26,27,28). The number of hydrogen-bond donors (Lipinski definition) is 2. The minimum atomic E-state index is 0.231. The maximum atomic E-state index is 6.31. The van der Waals surface area contributed by atoms with Gasteiger partial charge in [-0.2, -0.15) is 0 Å². The highest BCUT2D eigenvalue weighted by molar-refractivity contribution is 7.21. The molecule has 174 valence electrons. The van der Waals surface area contributed by atoms with E-state index in [1.54, 1.807) is 6.33 Å². The molecule has 0 saturated carbocycles. The molecule has 4 heterocycles. The second-order valence-corrected chi connectivity index (χ2v) is 8.96. The number of ether oxygens (including phenoxy) is 3. The van der Waals surface area contributed by atoms with Crippen LogP contribution in [0.5, 0.6) is 11.5 Å². The van der Waals surface area contributed by atoms with Crippen molar-refractivity contribution in [3.05, 3.63) is 41.7 Å². The Kier molecular flexibility index (Phi) is 5.57. The molecule has 0 atom stereocenters. The molecule has 0 unspecified atom stereocenters. The highest BCUT2D eigenvalue weighted by Gasteiger charge is 2.17. The van der Waals surface area contributed by atoms with E-state index in [4.69, 9.17) is 24.9 Å². The first-order valence-electron chi connectivity index (χ1n) is 11.1. The maximum Gasteiger partial charge on any atom is 0.231 e. The van der Waals surface area contributed by atoms with E-state index >= 15 is 0 Å². The van der Waals surface area contributed by atoms with E-state index in [-0.39, 0.29) is 6.79 Å². The Morgan fingerprint density at radius 2 is 1.94 bits per heavy atom. The summed E-state index contributed by atoms with van der Waals surface area (Å²) >= 11 is 1.50. The van der Waals surface area contributed by atoms with Crippen LogP contribution >= 0.6 is 11.3 Å². The highest BCUT2D eigenvalue weighted by atomic mass is 32.1. The van der Waals surface area contributed by atoms with E-state index in [0.717, 1.165) is 65.4 Å². The first-order chi connectivity index (χ1) is 16.7. The molecule has 4 aromatic rings. The van der Waals surface area contributed by atoms with Gasteiger partial charge < -0.3 is 25.3 Å². The van der Waals surface area contributed by atoms with Crippen LogP contribution in [0.3, 0.4) is 0 Å². The summed E-state index contributed by atoms with van der Waals surface area (Å²) in [6, 6.07) is 9.60. The average molecular weight is 478 g/mol. The topological polar surface area (TPSA) is 120 Å². The molecule has 11 heteroatoms. The van der Waals surface area contributed by atoms with Crippen molar-refractivity contribution in [1.29, 1.82) is 0 Å². The Hall–Kier alpha value is -3.54. The largest absolute Gasteiger partial charge is 0.454 e. The molecule has 3 N–H and O–H groups in total. The van der Waals surface area contributed by atoms with Crippen LogP contribution in [0.25, 0.3) is 21.1 Å². The van der Waals surface area contributed by atoms with E-state index in [1.807, 2.05) is 30.3 Å². The fourth-order valence-corrected chi connectivity index (χ4v) is 5.08. The third-order valence-electron chi connectivity index (χ3n) is 5.81. The van der Waals surface area contributed by atoms with Crippen molar-refractivity contribution in [3.8, 4) is 11.5 Å². The van der Waals surface area contributed by atoms with Crippen LogP contribution in [-0.2, 0) is 4.74 Å². The number of rotatable bonds is 6. The zero-order valence-electron chi connectivity index (χ0n) is 18.4. The molecule has 0 spiro atoms. The van der Waals surface area contributed by atoms with Gasteiger partial charge in [-0.05, 0) is 24.3 Å². The number of morpholine rings is 1. The number of benzene rings is 2. The molecule has 1 saturated heterocycles. The molecule has 2 aromatic heterocycles. The number of anilines is 2. The SMILES string of the molecule is NC(=NCCN1CCOCC1)c1nc2ccc3ncnc(Nc4ccc5c(c4)OCO5)c3c2s1. The lowest BCUT2D eigenvalue weighted by Gasteiger charge is -2.25. The lowest BCUT2D eigenvalue weighted by atomic mass is 10.2. The third-order valence-corrected chi connectivity index (χ3v) is 6.92. The van der Waals surface area contributed by atoms with Gasteiger partial charge in [0.2, 0.25) is 6.79 Å². The van der Waals surface area contributed by atoms with Gasteiger partial charge in [0.25, 0.3) is 0 Å². The van der Waals surface area contributed by atoms with Crippen LogP contribution in [0.15, 0.2) is 41.7 Å². The molecule has 2 aliphatic rings. The van der Waals surface area contributed by atoms with Gasteiger partial charge in [-0.3, -0.25) is 9.89 Å². The summed E-state index contributed by atoms with van der Waals surface area (Å²) in [5.41, 5.74) is 8.82. The molecule has 34 heavy (non-hydrogen) atoms. The normalized spacial score (nSPS) is 16.4. The molecule has 6 rings (SSSR count). The molecule has 2 aromatic carbocycles. The van der Waals surface area contributed by atoms with Crippen LogP contribution in [0.2, 0.25) is 0 Å². The quantitative estimate of drug-likeness (QED) is 0.319. The van der Waals surface area contributed by atoms with Crippen molar-refractivity contribution < 1.29 is 14.2 Å². The van der Waals surface area contributed by atoms with Gasteiger partial charge in [-0.25, -0.2) is 15.0 Å². The summed E-state index contributed by atoms with van der Waals surface area (Å²) < 4.78 is 17.3. The number of aliphatic imine (C=N–C) groups is 1. The van der Waals surface area contributed by atoms with Crippen LogP contribution in [-0.4, -0.2) is 71.9 Å². The second kappa shape index (κ2) is 9.01. The third kappa shape index (κ3) is 4.09. The number of nitrogens with two attached hydrogens (primary N) is 1. The number of fused-ring (bicyclic) bond motifs is 4. The van der Waals surface area contributed by atoms with Crippen LogP contribution in [0, 0.1) is 0 Å². The highest BCUT2D eigenvalue weighted by Crippen LogP contribution is 2.37. The number of hydrogen-bond acceptors (Lipinski definition) is 10. The average Bonchev–Trinajstić information content (AvgIpc) is 3.51. The van der Waals surface area contributed by atoms with Crippen molar-refractivity contribution in [2.24, 2.45) is 10.7 Å². The maximum absolute atomic E-state index is 6.31. The summed E-state index contributed by atoms with van der Waals surface area (Å²) in [7, 11) is 0. The lowest BCUT2D eigenvalue weighted by molar-refractivity contribution is 0.0394. The van der Waals surface area contributed by atoms with E-state index in [9.17, 15) is 0 Å². The van der Waals surface area contributed by atoms with Gasteiger partial charge >= 0.3 is 0 Å². The number of thiazole rings is 1. The fourth-order valence-electron chi connectivity index (χ4n) is 4.05. The van der Waals surface area contributed by atoms with E-state index in [1.165, 1.54) is 11.3 Å². The predicted octanol–water partition coefficient (Wildman–Crippen LogP) is 2.75. The summed E-state index contributed by atoms with van der Waals surface area (Å²) in [5.74, 6) is 2.57. The molecule has 10 nitrogen and oxygen atoms in total. The molecular formula is C23H23N7O3S. The molecule has 0 radical (unpaired) electrons. The molecule has 0 aliphatic carbocycles. The zero-order valence-corrected chi connectivity index (χ0v) is 19.2. The first-order valence-corrected chi connectivity index (χ1v) is 11.9. The van der Waals surface area contributed by atoms with Crippen molar-refractivity contribution in [2.45, 2.75) is 0 Å². The Labute approximate surface area is 199 Å². The Morgan fingerprint density at radius 1 is 1.09 bits per heavy atom. The molecular weight excluding hydrogens is 454 g/mol. The van der Waals surface area contributed by atoms with Gasteiger partial charge in [0.1, 0.15) is 12.1 Å². The van der Waals surface area contributed by atoms with Crippen molar-refractivity contribution in [1.82, 2.24) is 19.9 Å². The lowest BCUT2D eigenvalue weighted by Crippen LogP contribution is -2.38. The van der Waals surface area contributed by atoms with Crippen molar-refractivity contribution in [2.75, 3.05) is 51.5 Å². The van der Waals surface area contributed by atoms with Crippen molar-refractivity contribution in [3.63, 3.8) is 0 Å². The molecule has 0 bridgehead atoms. The van der Waals surface area contributed by atoms with E-state index in [0.29, 0.717) is 29.0 Å². The predicted molar refractivity (Wildman–Crippen MR) is 131 cm³/mol. The molecule has 1 fully saturated rings. The van der Waals surface area contributed by atoms with Crippen molar-refractivity contribution >= 4 is 49.8 Å². The van der Waals surface area contributed by atoms with Crippen LogP contribution in [0.1, 0.15) is 5.01 Å². The van der Waals surface area contributed by atoms with Gasteiger partial charge in [0.05, 0.1) is 40.9 Å². The minimum absolute atomic E-state index is 0.231. The summed E-state index contributed by atoms with van der Waals surface area (Å²) in [5, 5.41) is 4.98. The fraction of sp³-hybridized carbons (Fsp3) is 0.304. The number of aromatic nitrogens is 3. The van der Waals surface area contributed by atoms with Gasteiger partial charge in [-0.1, -0.05) is 0 Å². The Balaban J connectivity index is 1.30.